The molecule has 2 rings (SSSR count). The minimum Gasteiger partial charge on any atom is -0.211 e. The lowest BCUT2D eigenvalue weighted by Crippen LogP contribution is -2.15. The molecule has 0 aromatic heterocycles. The first-order chi connectivity index (χ1) is 7.79. The number of benzene rings is 1. The predicted molar refractivity (Wildman–Crippen MR) is 64.6 cm³/mol. The van der Waals surface area contributed by atoms with Crippen molar-refractivity contribution >= 4 is 17.7 Å². The molecule has 84 valence electrons. The van der Waals surface area contributed by atoms with Gasteiger partial charge in [-0.3, -0.25) is 0 Å². The Bertz CT molecular complexity index is 404. The summed E-state index contributed by atoms with van der Waals surface area (Å²) in [5.74, 6) is 0.566. The Labute approximate surface area is 100 Å². The summed E-state index contributed by atoms with van der Waals surface area (Å²) in [6, 6.07) is 8.24. The van der Waals surface area contributed by atoms with Crippen LogP contribution in [0, 0.1) is 0 Å². The molecule has 1 fully saturated rings. The second-order valence-corrected chi connectivity index (χ2v) is 4.72. The zero-order chi connectivity index (χ0) is 11.4. The van der Waals surface area contributed by atoms with Crippen molar-refractivity contribution in [3.05, 3.63) is 34.9 Å². The molecule has 0 radical (unpaired) electrons. The molecule has 0 heterocycles. The molecule has 1 aliphatic rings. The number of hydrogen-bond acceptors (Lipinski definition) is 2. The summed E-state index contributed by atoms with van der Waals surface area (Å²) in [7, 11) is 0. The van der Waals surface area contributed by atoms with Crippen LogP contribution in [0.3, 0.4) is 0 Å². The largest absolute Gasteiger partial charge is 0.235 e. The Morgan fingerprint density at radius 2 is 2.00 bits per heavy atom. The highest BCUT2D eigenvalue weighted by Gasteiger charge is 2.21. The molecular weight excluding hydrogens is 222 g/mol. The SMILES string of the molecule is O=C=NC1CCC(c2cccc(Cl)c2)CC1. The first-order valence-corrected chi connectivity index (χ1v) is 6.00. The van der Waals surface area contributed by atoms with Crippen LogP contribution in [0.2, 0.25) is 5.02 Å². The Hall–Kier alpha value is -1.11. The van der Waals surface area contributed by atoms with Crippen molar-refractivity contribution in [2.24, 2.45) is 4.99 Å². The third kappa shape index (κ3) is 2.72. The van der Waals surface area contributed by atoms with Crippen LogP contribution in [0.15, 0.2) is 29.3 Å². The second-order valence-electron chi connectivity index (χ2n) is 4.28. The van der Waals surface area contributed by atoms with Gasteiger partial charge in [0.25, 0.3) is 0 Å². The molecule has 16 heavy (non-hydrogen) atoms. The van der Waals surface area contributed by atoms with E-state index < -0.39 is 0 Å². The van der Waals surface area contributed by atoms with Gasteiger partial charge in [-0.15, -0.1) is 0 Å². The molecule has 3 heteroatoms. The first kappa shape index (κ1) is 11.4. The minimum absolute atomic E-state index is 0.188. The molecule has 0 N–H and O–H groups in total. The molecule has 1 aromatic carbocycles. The summed E-state index contributed by atoms with van der Waals surface area (Å²) in [6.07, 6.45) is 5.77. The molecule has 1 aliphatic carbocycles. The molecule has 1 saturated carbocycles. The number of nitrogens with zero attached hydrogens (tertiary/aromatic N) is 1. The Morgan fingerprint density at radius 1 is 1.25 bits per heavy atom. The van der Waals surface area contributed by atoms with Crippen LogP contribution in [-0.4, -0.2) is 12.1 Å². The lowest BCUT2D eigenvalue weighted by Gasteiger charge is -2.25. The van der Waals surface area contributed by atoms with E-state index in [0.29, 0.717) is 5.92 Å². The molecule has 1 aromatic rings. The Kier molecular flexibility index (Phi) is 3.76. The van der Waals surface area contributed by atoms with Crippen LogP contribution >= 0.6 is 11.6 Å². The maximum Gasteiger partial charge on any atom is 0.235 e. The van der Waals surface area contributed by atoms with E-state index in [2.05, 4.69) is 11.1 Å². The van der Waals surface area contributed by atoms with Gasteiger partial charge in [0.05, 0.1) is 6.04 Å². The van der Waals surface area contributed by atoms with E-state index in [9.17, 15) is 4.79 Å². The van der Waals surface area contributed by atoms with Gasteiger partial charge >= 0.3 is 0 Å². The number of halogens is 1. The summed E-state index contributed by atoms with van der Waals surface area (Å²) in [5.41, 5.74) is 1.31. The molecule has 0 aliphatic heterocycles. The monoisotopic (exact) mass is 235 g/mol. The lowest BCUT2D eigenvalue weighted by atomic mass is 9.82. The third-order valence-corrected chi connectivity index (χ3v) is 3.49. The van der Waals surface area contributed by atoms with E-state index in [1.54, 1.807) is 6.08 Å². The average Bonchev–Trinajstić information content (AvgIpc) is 2.30. The third-order valence-electron chi connectivity index (χ3n) is 3.25. The topological polar surface area (TPSA) is 29.4 Å². The summed E-state index contributed by atoms with van der Waals surface area (Å²) < 4.78 is 0. The highest BCUT2D eigenvalue weighted by molar-refractivity contribution is 6.30. The lowest BCUT2D eigenvalue weighted by molar-refractivity contribution is 0.395. The normalized spacial score (nSPS) is 24.8. The maximum absolute atomic E-state index is 10.2. The quantitative estimate of drug-likeness (QED) is 0.568. The van der Waals surface area contributed by atoms with Crippen LogP contribution in [0.4, 0.5) is 0 Å². The van der Waals surface area contributed by atoms with Gasteiger partial charge in [-0.05, 0) is 49.3 Å². The average molecular weight is 236 g/mol. The van der Waals surface area contributed by atoms with Crippen molar-refractivity contribution in [2.45, 2.75) is 37.6 Å². The van der Waals surface area contributed by atoms with Crippen molar-refractivity contribution in [1.82, 2.24) is 0 Å². The van der Waals surface area contributed by atoms with Crippen LogP contribution < -0.4 is 0 Å². The van der Waals surface area contributed by atoms with E-state index in [4.69, 9.17) is 11.6 Å². The number of aliphatic imine (C=N–C) groups is 1. The number of isocyanates is 1. The highest BCUT2D eigenvalue weighted by Crippen LogP contribution is 2.34. The van der Waals surface area contributed by atoms with Crippen molar-refractivity contribution in [3.63, 3.8) is 0 Å². The Morgan fingerprint density at radius 3 is 2.62 bits per heavy atom. The van der Waals surface area contributed by atoms with Gasteiger partial charge in [0.15, 0.2) is 0 Å². The molecular formula is C13H14ClNO. The van der Waals surface area contributed by atoms with Gasteiger partial charge in [-0.1, -0.05) is 23.7 Å². The van der Waals surface area contributed by atoms with Crippen LogP contribution in [-0.2, 0) is 4.79 Å². The fourth-order valence-corrected chi connectivity index (χ4v) is 2.57. The van der Waals surface area contributed by atoms with Crippen LogP contribution in [0.1, 0.15) is 37.2 Å². The predicted octanol–water partition coefficient (Wildman–Crippen LogP) is 3.70. The number of carbonyl (C=O) groups excluding carboxylic acids is 1. The van der Waals surface area contributed by atoms with Gasteiger partial charge in [-0.2, -0.15) is 0 Å². The smallest absolute Gasteiger partial charge is 0.211 e. The first-order valence-electron chi connectivity index (χ1n) is 5.62. The van der Waals surface area contributed by atoms with Crippen molar-refractivity contribution in [3.8, 4) is 0 Å². The molecule has 0 spiro atoms. The Balaban J connectivity index is 2.01. The zero-order valence-corrected chi connectivity index (χ0v) is 9.78. The van der Waals surface area contributed by atoms with Crippen LogP contribution in [0.25, 0.3) is 0 Å². The van der Waals surface area contributed by atoms with E-state index in [1.807, 2.05) is 18.2 Å². The molecule has 0 saturated heterocycles. The highest BCUT2D eigenvalue weighted by atomic mass is 35.5. The molecule has 0 unspecified atom stereocenters. The van der Waals surface area contributed by atoms with Crippen LogP contribution in [0.5, 0.6) is 0 Å². The van der Waals surface area contributed by atoms with E-state index in [1.165, 1.54) is 5.56 Å². The van der Waals surface area contributed by atoms with E-state index >= 15 is 0 Å². The minimum atomic E-state index is 0.188. The molecule has 0 bridgehead atoms. The second kappa shape index (κ2) is 5.29. The van der Waals surface area contributed by atoms with Gasteiger partial charge in [0.2, 0.25) is 6.08 Å². The van der Waals surface area contributed by atoms with Crippen molar-refractivity contribution in [1.29, 1.82) is 0 Å². The fourth-order valence-electron chi connectivity index (χ4n) is 2.37. The van der Waals surface area contributed by atoms with Gasteiger partial charge in [0.1, 0.15) is 0 Å². The summed E-state index contributed by atoms with van der Waals surface area (Å²) >= 11 is 5.97. The summed E-state index contributed by atoms with van der Waals surface area (Å²) in [5, 5.41) is 0.797. The molecule has 2 nitrogen and oxygen atoms in total. The standard InChI is InChI=1S/C13H14ClNO/c14-12-3-1-2-11(8-12)10-4-6-13(7-5-10)15-9-16/h1-3,8,10,13H,4-7H2. The maximum atomic E-state index is 10.2. The van der Waals surface area contributed by atoms with Gasteiger partial charge < -0.3 is 0 Å². The van der Waals surface area contributed by atoms with Gasteiger partial charge in [0, 0.05) is 5.02 Å². The molecule has 0 amide bonds. The molecule has 0 atom stereocenters. The van der Waals surface area contributed by atoms with Gasteiger partial charge in [-0.25, -0.2) is 9.79 Å². The summed E-state index contributed by atoms with van der Waals surface area (Å²) in [6.45, 7) is 0. The fraction of sp³-hybridized carbons (Fsp3) is 0.462. The van der Waals surface area contributed by atoms with E-state index in [-0.39, 0.29) is 6.04 Å². The van der Waals surface area contributed by atoms with Crippen molar-refractivity contribution < 1.29 is 4.79 Å². The van der Waals surface area contributed by atoms with Crippen molar-refractivity contribution in [2.75, 3.05) is 0 Å². The van der Waals surface area contributed by atoms with E-state index in [0.717, 1.165) is 30.7 Å². The zero-order valence-electron chi connectivity index (χ0n) is 9.03. The summed E-state index contributed by atoms with van der Waals surface area (Å²) in [4.78, 5) is 14.0. The number of hydrogen-bond donors (Lipinski definition) is 0. The number of rotatable bonds is 2.